The van der Waals surface area contributed by atoms with Gasteiger partial charge in [-0.25, -0.2) is 0 Å². The fourth-order valence-electron chi connectivity index (χ4n) is 1.56. The van der Waals surface area contributed by atoms with Gasteiger partial charge in [-0.15, -0.1) is 0 Å². The molecule has 0 saturated heterocycles. The van der Waals surface area contributed by atoms with Gasteiger partial charge in [0.15, 0.2) is 0 Å². The summed E-state index contributed by atoms with van der Waals surface area (Å²) in [5.41, 5.74) is 1.81. The summed E-state index contributed by atoms with van der Waals surface area (Å²) in [6.07, 6.45) is 1.81. The molecular weight excluding hydrogens is 204 g/mol. The third kappa shape index (κ3) is 2.16. The molecule has 0 radical (unpaired) electrons. The number of nitrogens with one attached hydrogen (secondary N) is 1. The van der Waals surface area contributed by atoms with E-state index in [4.69, 9.17) is 4.74 Å². The lowest BCUT2D eigenvalue weighted by molar-refractivity contribution is 0.414. The van der Waals surface area contributed by atoms with E-state index in [9.17, 15) is 4.79 Å². The van der Waals surface area contributed by atoms with Crippen molar-refractivity contribution in [2.75, 3.05) is 7.11 Å². The SMILES string of the molecule is COc1ccc(Cn2cc(C)c(=O)[nH]2)cc1. The molecule has 1 N–H and O–H groups in total. The Hall–Kier alpha value is -1.97. The largest absolute Gasteiger partial charge is 0.497 e. The van der Waals surface area contributed by atoms with Crippen molar-refractivity contribution >= 4 is 0 Å². The van der Waals surface area contributed by atoms with Gasteiger partial charge in [-0.3, -0.25) is 14.6 Å². The molecule has 1 aromatic heterocycles. The van der Waals surface area contributed by atoms with Crippen LogP contribution in [0.25, 0.3) is 0 Å². The topological polar surface area (TPSA) is 47.0 Å². The number of aromatic nitrogens is 2. The number of rotatable bonds is 3. The molecule has 0 unspecified atom stereocenters. The molecule has 4 nitrogen and oxygen atoms in total. The fourth-order valence-corrected chi connectivity index (χ4v) is 1.56. The molecule has 0 amide bonds. The van der Waals surface area contributed by atoms with Gasteiger partial charge in [-0.05, 0) is 24.6 Å². The lowest BCUT2D eigenvalue weighted by atomic mass is 10.2. The van der Waals surface area contributed by atoms with Crippen molar-refractivity contribution < 1.29 is 4.74 Å². The molecule has 0 bridgehead atoms. The molecule has 1 heterocycles. The molecule has 0 aliphatic carbocycles. The summed E-state index contributed by atoms with van der Waals surface area (Å²) in [5.74, 6) is 0.834. The summed E-state index contributed by atoms with van der Waals surface area (Å²) in [6, 6.07) is 7.77. The van der Waals surface area contributed by atoms with E-state index in [1.165, 1.54) is 0 Å². The van der Waals surface area contributed by atoms with Crippen molar-refractivity contribution in [3.8, 4) is 5.75 Å². The number of methoxy groups -OCH3 is 1. The predicted octanol–water partition coefficient (Wildman–Crippen LogP) is 1.54. The second kappa shape index (κ2) is 4.26. The van der Waals surface area contributed by atoms with Crippen LogP contribution in [0.3, 0.4) is 0 Å². The van der Waals surface area contributed by atoms with Crippen LogP contribution in [0, 0.1) is 6.92 Å². The first kappa shape index (κ1) is 10.5. The van der Waals surface area contributed by atoms with E-state index >= 15 is 0 Å². The summed E-state index contributed by atoms with van der Waals surface area (Å²) < 4.78 is 6.86. The van der Waals surface area contributed by atoms with Crippen molar-refractivity contribution in [2.24, 2.45) is 0 Å². The van der Waals surface area contributed by atoms with Crippen LogP contribution in [0.4, 0.5) is 0 Å². The van der Waals surface area contributed by atoms with E-state index in [-0.39, 0.29) is 5.56 Å². The average Bonchev–Trinajstić information content (AvgIpc) is 2.59. The number of hydrogen-bond acceptors (Lipinski definition) is 2. The number of aryl methyl sites for hydroxylation is 1. The zero-order valence-corrected chi connectivity index (χ0v) is 9.36. The number of benzene rings is 1. The Balaban J connectivity index is 2.17. The normalized spacial score (nSPS) is 10.4. The minimum Gasteiger partial charge on any atom is -0.497 e. The number of nitrogens with zero attached hydrogens (tertiary/aromatic N) is 1. The monoisotopic (exact) mass is 218 g/mol. The van der Waals surface area contributed by atoms with Gasteiger partial charge in [-0.2, -0.15) is 0 Å². The zero-order valence-electron chi connectivity index (χ0n) is 9.36. The van der Waals surface area contributed by atoms with Gasteiger partial charge in [0.25, 0.3) is 5.56 Å². The van der Waals surface area contributed by atoms with Gasteiger partial charge in [-0.1, -0.05) is 12.1 Å². The first-order chi connectivity index (χ1) is 7.69. The lowest BCUT2D eigenvalue weighted by Gasteiger charge is -2.04. The van der Waals surface area contributed by atoms with Crippen LogP contribution in [-0.2, 0) is 6.54 Å². The average molecular weight is 218 g/mol. The maximum atomic E-state index is 11.2. The van der Waals surface area contributed by atoms with Crippen LogP contribution in [0.5, 0.6) is 5.75 Å². The van der Waals surface area contributed by atoms with Gasteiger partial charge in [0, 0.05) is 11.8 Å². The van der Waals surface area contributed by atoms with E-state index in [0.29, 0.717) is 6.54 Å². The molecule has 0 aliphatic rings. The summed E-state index contributed by atoms with van der Waals surface area (Å²) in [7, 11) is 1.64. The van der Waals surface area contributed by atoms with Crippen LogP contribution in [0.15, 0.2) is 35.3 Å². The van der Waals surface area contributed by atoms with Crippen LogP contribution < -0.4 is 10.3 Å². The van der Waals surface area contributed by atoms with Gasteiger partial charge in [0.05, 0.1) is 13.7 Å². The molecule has 0 saturated carbocycles. The maximum absolute atomic E-state index is 11.2. The molecule has 1 aromatic carbocycles. The Morgan fingerprint density at radius 2 is 2.00 bits per heavy atom. The number of ether oxygens (including phenoxy) is 1. The van der Waals surface area contributed by atoms with E-state index < -0.39 is 0 Å². The third-order valence-electron chi connectivity index (χ3n) is 2.46. The highest BCUT2D eigenvalue weighted by Crippen LogP contribution is 2.11. The standard InChI is InChI=1S/C12H14N2O2/c1-9-7-14(13-12(9)15)8-10-3-5-11(16-2)6-4-10/h3-7H,8H2,1-2H3,(H,13,15). The number of hydrogen-bond donors (Lipinski definition) is 1. The maximum Gasteiger partial charge on any atom is 0.266 e. The Morgan fingerprint density at radius 1 is 1.31 bits per heavy atom. The zero-order chi connectivity index (χ0) is 11.5. The quantitative estimate of drug-likeness (QED) is 0.849. The second-order valence-electron chi connectivity index (χ2n) is 3.73. The molecule has 0 aliphatic heterocycles. The Bertz CT molecular complexity index is 523. The van der Waals surface area contributed by atoms with Gasteiger partial charge in [0.2, 0.25) is 0 Å². The second-order valence-corrected chi connectivity index (χ2v) is 3.73. The summed E-state index contributed by atoms with van der Waals surface area (Å²) in [5, 5.41) is 2.75. The van der Waals surface area contributed by atoms with Crippen LogP contribution in [0.2, 0.25) is 0 Å². The molecule has 84 valence electrons. The highest BCUT2D eigenvalue weighted by molar-refractivity contribution is 5.27. The minimum atomic E-state index is -0.0338. The summed E-state index contributed by atoms with van der Waals surface area (Å²) >= 11 is 0. The van der Waals surface area contributed by atoms with Crippen molar-refractivity contribution in [2.45, 2.75) is 13.5 Å². The van der Waals surface area contributed by atoms with Gasteiger partial charge < -0.3 is 4.74 Å². The molecule has 4 heteroatoms. The van der Waals surface area contributed by atoms with Gasteiger partial charge >= 0.3 is 0 Å². The molecular formula is C12H14N2O2. The smallest absolute Gasteiger partial charge is 0.266 e. The Labute approximate surface area is 93.5 Å². The Kier molecular flexibility index (Phi) is 2.81. The lowest BCUT2D eigenvalue weighted by Crippen LogP contribution is -2.07. The van der Waals surface area contributed by atoms with Crippen molar-refractivity contribution in [3.63, 3.8) is 0 Å². The fraction of sp³-hybridized carbons (Fsp3) is 0.250. The highest BCUT2D eigenvalue weighted by Gasteiger charge is 1.99. The molecule has 0 spiro atoms. The van der Waals surface area contributed by atoms with Crippen LogP contribution in [0.1, 0.15) is 11.1 Å². The van der Waals surface area contributed by atoms with Crippen LogP contribution >= 0.6 is 0 Å². The van der Waals surface area contributed by atoms with Crippen molar-refractivity contribution in [1.29, 1.82) is 0 Å². The summed E-state index contributed by atoms with van der Waals surface area (Å²) in [4.78, 5) is 11.2. The van der Waals surface area contributed by atoms with E-state index in [2.05, 4.69) is 5.10 Å². The molecule has 2 aromatic rings. The van der Waals surface area contributed by atoms with Gasteiger partial charge in [0.1, 0.15) is 5.75 Å². The van der Waals surface area contributed by atoms with E-state index in [1.807, 2.05) is 30.5 Å². The highest BCUT2D eigenvalue weighted by atomic mass is 16.5. The molecule has 2 rings (SSSR count). The van der Waals surface area contributed by atoms with Crippen LogP contribution in [-0.4, -0.2) is 16.9 Å². The number of H-pyrrole nitrogens is 1. The van der Waals surface area contributed by atoms with E-state index in [0.717, 1.165) is 16.9 Å². The molecule has 16 heavy (non-hydrogen) atoms. The van der Waals surface area contributed by atoms with Crippen molar-refractivity contribution in [3.05, 3.63) is 51.9 Å². The predicted molar refractivity (Wildman–Crippen MR) is 61.9 cm³/mol. The molecule has 0 fully saturated rings. The molecule has 0 atom stereocenters. The number of aromatic amines is 1. The first-order valence-electron chi connectivity index (χ1n) is 5.08. The summed E-state index contributed by atoms with van der Waals surface area (Å²) in [6.45, 7) is 2.45. The van der Waals surface area contributed by atoms with E-state index in [1.54, 1.807) is 18.7 Å². The third-order valence-corrected chi connectivity index (χ3v) is 2.46. The minimum absolute atomic E-state index is 0.0338. The van der Waals surface area contributed by atoms with Crippen molar-refractivity contribution in [1.82, 2.24) is 9.78 Å². The first-order valence-corrected chi connectivity index (χ1v) is 5.08. The Morgan fingerprint density at radius 3 is 2.50 bits per heavy atom.